The van der Waals surface area contributed by atoms with Crippen LogP contribution in [-0.4, -0.2) is 35.4 Å². The molecule has 3 N–H and O–H groups in total. The average Bonchev–Trinajstić information content (AvgIpc) is 2.83. The fraction of sp³-hybridized carbons (Fsp3) is 0.412. The summed E-state index contributed by atoms with van der Waals surface area (Å²) in [4.78, 5) is 12.4. The minimum Gasteiger partial charge on any atom is -0.493 e. The van der Waals surface area contributed by atoms with Gasteiger partial charge in [0, 0.05) is 6.54 Å². The average molecular weight is 369 g/mol. The fourth-order valence-corrected chi connectivity index (χ4v) is 2.47. The van der Waals surface area contributed by atoms with E-state index in [-0.39, 0.29) is 5.56 Å². The Bertz CT molecular complexity index is 748. The Hall–Kier alpha value is -2.12. The number of amides is 1. The summed E-state index contributed by atoms with van der Waals surface area (Å²) in [6.45, 7) is 5.32. The highest BCUT2D eigenvalue weighted by molar-refractivity contribution is 6.31. The molecule has 0 saturated heterocycles. The molecule has 0 bridgehead atoms. The minimum atomic E-state index is -0.498. The van der Waals surface area contributed by atoms with Crippen molar-refractivity contribution in [3.63, 3.8) is 0 Å². The molecule has 0 atom stereocenters. The van der Waals surface area contributed by atoms with Crippen LogP contribution >= 0.6 is 11.6 Å². The van der Waals surface area contributed by atoms with Gasteiger partial charge in [-0.05, 0) is 45.0 Å². The monoisotopic (exact) mass is 368 g/mol. The van der Waals surface area contributed by atoms with Gasteiger partial charge in [-0.2, -0.15) is 5.10 Å². The van der Waals surface area contributed by atoms with E-state index in [9.17, 15) is 9.18 Å². The highest BCUT2D eigenvalue weighted by Gasteiger charge is 2.14. The van der Waals surface area contributed by atoms with E-state index in [2.05, 4.69) is 10.4 Å². The quantitative estimate of drug-likeness (QED) is 0.701. The van der Waals surface area contributed by atoms with Crippen molar-refractivity contribution in [2.24, 2.45) is 5.73 Å². The normalized spacial score (nSPS) is 10.8. The summed E-state index contributed by atoms with van der Waals surface area (Å²) >= 11 is 6.10. The van der Waals surface area contributed by atoms with Gasteiger partial charge in [0.25, 0.3) is 5.91 Å². The minimum absolute atomic E-state index is 0.156. The van der Waals surface area contributed by atoms with Crippen LogP contribution in [0.4, 0.5) is 4.39 Å². The lowest BCUT2D eigenvalue weighted by Gasteiger charge is -2.12. The van der Waals surface area contributed by atoms with Crippen molar-refractivity contribution in [3.05, 3.63) is 46.0 Å². The Labute approximate surface area is 151 Å². The molecule has 0 unspecified atom stereocenters. The Morgan fingerprint density at radius 3 is 2.84 bits per heavy atom. The standard InChI is InChI=1S/C17H22ClFN4O2/c1-11-16(18)12(2)23(22-11)8-7-21-17(24)14-10-13(19)4-5-15(14)25-9-3-6-20/h4-5,10H,3,6-9,20H2,1-2H3,(H,21,24). The Kier molecular flexibility index (Phi) is 6.78. The summed E-state index contributed by atoms with van der Waals surface area (Å²) in [6, 6.07) is 3.86. The van der Waals surface area contributed by atoms with Crippen LogP contribution in [0.3, 0.4) is 0 Å². The predicted octanol–water partition coefficient (Wildman–Crippen LogP) is 2.45. The molecule has 0 spiro atoms. The molecule has 25 heavy (non-hydrogen) atoms. The molecule has 1 aromatic carbocycles. The molecule has 0 fully saturated rings. The molecule has 0 aliphatic carbocycles. The first kappa shape index (κ1) is 19.2. The Morgan fingerprint density at radius 2 is 2.20 bits per heavy atom. The lowest BCUT2D eigenvalue weighted by Crippen LogP contribution is -2.28. The number of hydrogen-bond acceptors (Lipinski definition) is 4. The maximum atomic E-state index is 13.5. The molecule has 1 aromatic heterocycles. The first-order valence-electron chi connectivity index (χ1n) is 8.04. The zero-order valence-electron chi connectivity index (χ0n) is 14.3. The summed E-state index contributed by atoms with van der Waals surface area (Å²) in [6.07, 6.45) is 0.650. The molecule has 8 heteroatoms. The molecular weight excluding hydrogens is 347 g/mol. The fourth-order valence-electron chi connectivity index (χ4n) is 2.33. The first-order valence-corrected chi connectivity index (χ1v) is 8.42. The number of carbonyl (C=O) groups excluding carboxylic acids is 1. The Morgan fingerprint density at radius 1 is 1.44 bits per heavy atom. The second-order valence-electron chi connectivity index (χ2n) is 5.60. The maximum absolute atomic E-state index is 13.5. The van der Waals surface area contributed by atoms with E-state index in [1.807, 2.05) is 13.8 Å². The molecule has 0 aliphatic heterocycles. The third-order valence-corrected chi connectivity index (χ3v) is 4.24. The van der Waals surface area contributed by atoms with E-state index in [4.69, 9.17) is 22.1 Å². The van der Waals surface area contributed by atoms with Crippen LogP contribution in [-0.2, 0) is 6.54 Å². The Balaban J connectivity index is 2.00. The number of nitrogens with one attached hydrogen (secondary N) is 1. The third kappa shape index (κ3) is 4.93. The van der Waals surface area contributed by atoms with Crippen molar-refractivity contribution in [1.29, 1.82) is 0 Å². The van der Waals surface area contributed by atoms with Gasteiger partial charge >= 0.3 is 0 Å². The lowest BCUT2D eigenvalue weighted by molar-refractivity contribution is 0.0947. The lowest BCUT2D eigenvalue weighted by atomic mass is 10.2. The molecule has 0 saturated carbocycles. The van der Waals surface area contributed by atoms with Crippen LogP contribution in [0.1, 0.15) is 28.2 Å². The van der Waals surface area contributed by atoms with Gasteiger partial charge in [-0.1, -0.05) is 11.6 Å². The molecule has 6 nitrogen and oxygen atoms in total. The number of hydrogen-bond donors (Lipinski definition) is 2. The van der Waals surface area contributed by atoms with E-state index in [0.717, 1.165) is 17.5 Å². The number of ether oxygens (including phenoxy) is 1. The van der Waals surface area contributed by atoms with Gasteiger partial charge in [-0.3, -0.25) is 9.48 Å². The number of aryl methyl sites for hydroxylation is 1. The van der Waals surface area contributed by atoms with E-state index in [1.54, 1.807) is 4.68 Å². The van der Waals surface area contributed by atoms with Gasteiger partial charge in [0.2, 0.25) is 0 Å². The van der Waals surface area contributed by atoms with Gasteiger partial charge in [-0.25, -0.2) is 4.39 Å². The van der Waals surface area contributed by atoms with Crippen LogP contribution in [0.2, 0.25) is 5.02 Å². The van der Waals surface area contributed by atoms with Crippen molar-refractivity contribution >= 4 is 17.5 Å². The summed E-state index contributed by atoms with van der Waals surface area (Å²) in [7, 11) is 0. The first-order chi connectivity index (χ1) is 11.9. The maximum Gasteiger partial charge on any atom is 0.255 e. The van der Waals surface area contributed by atoms with Crippen LogP contribution in [0.5, 0.6) is 5.75 Å². The van der Waals surface area contributed by atoms with Crippen molar-refractivity contribution < 1.29 is 13.9 Å². The summed E-state index contributed by atoms with van der Waals surface area (Å²) in [5, 5.41) is 7.66. The molecule has 2 aromatic rings. The second-order valence-corrected chi connectivity index (χ2v) is 5.97. The summed E-state index contributed by atoms with van der Waals surface area (Å²) < 4.78 is 20.7. The zero-order valence-corrected chi connectivity index (χ0v) is 15.1. The molecule has 2 rings (SSSR count). The van der Waals surface area contributed by atoms with Gasteiger partial charge in [-0.15, -0.1) is 0 Å². The van der Waals surface area contributed by atoms with Crippen LogP contribution in [0.15, 0.2) is 18.2 Å². The van der Waals surface area contributed by atoms with E-state index in [0.29, 0.717) is 43.4 Å². The van der Waals surface area contributed by atoms with E-state index >= 15 is 0 Å². The summed E-state index contributed by atoms with van der Waals surface area (Å²) in [5.74, 6) is -0.571. The van der Waals surface area contributed by atoms with Crippen LogP contribution in [0, 0.1) is 19.7 Å². The van der Waals surface area contributed by atoms with E-state index in [1.165, 1.54) is 12.1 Å². The zero-order chi connectivity index (χ0) is 18.4. The number of carbonyl (C=O) groups is 1. The van der Waals surface area contributed by atoms with E-state index < -0.39 is 11.7 Å². The van der Waals surface area contributed by atoms with Crippen molar-refractivity contribution in [1.82, 2.24) is 15.1 Å². The number of aromatic nitrogens is 2. The number of rotatable bonds is 8. The highest BCUT2D eigenvalue weighted by atomic mass is 35.5. The number of halogens is 2. The summed E-state index contributed by atoms with van der Waals surface area (Å²) in [5.41, 5.74) is 7.16. The highest BCUT2D eigenvalue weighted by Crippen LogP contribution is 2.20. The number of nitrogens with zero attached hydrogens (tertiary/aromatic N) is 2. The molecule has 0 aliphatic rings. The molecular formula is C17H22ClFN4O2. The largest absolute Gasteiger partial charge is 0.493 e. The van der Waals surface area contributed by atoms with Crippen LogP contribution in [0.25, 0.3) is 0 Å². The molecule has 136 valence electrons. The van der Waals surface area contributed by atoms with Crippen LogP contribution < -0.4 is 15.8 Å². The smallest absolute Gasteiger partial charge is 0.255 e. The SMILES string of the molecule is Cc1nn(CCNC(=O)c2cc(F)ccc2OCCCN)c(C)c1Cl. The van der Waals surface area contributed by atoms with Gasteiger partial charge < -0.3 is 15.8 Å². The van der Waals surface area contributed by atoms with Crippen molar-refractivity contribution in [2.75, 3.05) is 19.7 Å². The topological polar surface area (TPSA) is 82.2 Å². The number of benzene rings is 1. The van der Waals surface area contributed by atoms with Crippen molar-refractivity contribution in [2.45, 2.75) is 26.8 Å². The number of nitrogens with two attached hydrogens (primary N) is 1. The van der Waals surface area contributed by atoms with Gasteiger partial charge in [0.1, 0.15) is 11.6 Å². The van der Waals surface area contributed by atoms with Gasteiger partial charge in [0.15, 0.2) is 0 Å². The third-order valence-electron chi connectivity index (χ3n) is 3.69. The molecule has 1 amide bonds. The predicted molar refractivity (Wildman–Crippen MR) is 94.6 cm³/mol. The molecule has 1 heterocycles. The molecule has 0 radical (unpaired) electrons. The van der Waals surface area contributed by atoms with Gasteiger partial charge in [0.05, 0.1) is 35.1 Å². The van der Waals surface area contributed by atoms with Crippen molar-refractivity contribution in [3.8, 4) is 5.75 Å². The second kappa shape index (κ2) is 8.82.